The molecule has 0 saturated carbocycles. The molecule has 2 N–H and O–H groups in total. The first kappa shape index (κ1) is 14.1. The van der Waals surface area contributed by atoms with E-state index in [0.717, 1.165) is 53.5 Å². The summed E-state index contributed by atoms with van der Waals surface area (Å²) in [6, 6.07) is 5.74. The molecular formula is C17H19N3O3. The van der Waals surface area contributed by atoms with E-state index in [4.69, 9.17) is 9.47 Å². The summed E-state index contributed by atoms with van der Waals surface area (Å²) in [5.74, 6) is 2.54. The van der Waals surface area contributed by atoms with Crippen LogP contribution in [0.3, 0.4) is 0 Å². The minimum absolute atomic E-state index is 0.0105. The maximum Gasteiger partial charge on any atom is 0.231 e. The Hall–Kier alpha value is -2.50. The number of hydrogen-bond acceptors (Lipinski definition) is 4. The van der Waals surface area contributed by atoms with Crippen LogP contribution in [0.25, 0.3) is 0 Å². The van der Waals surface area contributed by atoms with Crippen LogP contribution in [0.15, 0.2) is 18.2 Å². The largest absolute Gasteiger partial charge is 0.454 e. The zero-order valence-corrected chi connectivity index (χ0v) is 13.0. The van der Waals surface area contributed by atoms with Crippen LogP contribution in [0.4, 0.5) is 0 Å². The Balaban J connectivity index is 1.37. The summed E-state index contributed by atoms with van der Waals surface area (Å²) in [4.78, 5) is 20.1. The van der Waals surface area contributed by atoms with Crippen molar-refractivity contribution in [3.63, 3.8) is 0 Å². The molecule has 1 amide bonds. The molecule has 2 heterocycles. The van der Waals surface area contributed by atoms with Crippen molar-refractivity contribution in [2.75, 3.05) is 6.79 Å². The second-order valence-electron chi connectivity index (χ2n) is 6.09. The van der Waals surface area contributed by atoms with Crippen LogP contribution in [0.5, 0.6) is 11.5 Å². The van der Waals surface area contributed by atoms with Crippen molar-refractivity contribution in [1.82, 2.24) is 15.3 Å². The van der Waals surface area contributed by atoms with Crippen molar-refractivity contribution in [1.29, 1.82) is 0 Å². The fraction of sp³-hybridized carbons (Fsp3) is 0.412. The molecule has 1 aliphatic heterocycles. The summed E-state index contributed by atoms with van der Waals surface area (Å²) in [5, 5.41) is 3.03. The molecule has 23 heavy (non-hydrogen) atoms. The number of amides is 1. The molecule has 0 radical (unpaired) electrons. The lowest BCUT2D eigenvalue weighted by atomic mass is 9.89. The minimum Gasteiger partial charge on any atom is -0.454 e. The van der Waals surface area contributed by atoms with Gasteiger partial charge in [0.2, 0.25) is 12.7 Å². The zero-order chi connectivity index (χ0) is 15.8. The molecule has 0 saturated heterocycles. The monoisotopic (exact) mass is 313 g/mol. The molecule has 4 rings (SSSR count). The van der Waals surface area contributed by atoms with Crippen molar-refractivity contribution in [3.8, 4) is 11.5 Å². The van der Waals surface area contributed by atoms with Gasteiger partial charge in [-0.15, -0.1) is 0 Å². The SMILES string of the molecule is Cc1nc2c([nH]1)C[C@H](C(=O)NCc1ccc3c(c1)OCO3)CC2. The van der Waals surface area contributed by atoms with Crippen LogP contribution in [-0.2, 0) is 24.2 Å². The van der Waals surface area contributed by atoms with E-state index in [2.05, 4.69) is 15.3 Å². The Morgan fingerprint density at radius 2 is 2.26 bits per heavy atom. The average Bonchev–Trinajstić information content (AvgIpc) is 3.16. The summed E-state index contributed by atoms with van der Waals surface area (Å²) in [7, 11) is 0. The molecule has 1 aromatic heterocycles. The van der Waals surface area contributed by atoms with E-state index in [-0.39, 0.29) is 18.6 Å². The van der Waals surface area contributed by atoms with Gasteiger partial charge in [0.1, 0.15) is 5.82 Å². The van der Waals surface area contributed by atoms with Crippen molar-refractivity contribution in [2.45, 2.75) is 32.7 Å². The third-order valence-electron chi connectivity index (χ3n) is 4.44. The van der Waals surface area contributed by atoms with Gasteiger partial charge in [0.25, 0.3) is 0 Å². The number of hydrogen-bond donors (Lipinski definition) is 2. The highest BCUT2D eigenvalue weighted by molar-refractivity contribution is 5.79. The van der Waals surface area contributed by atoms with Gasteiger partial charge >= 0.3 is 0 Å². The van der Waals surface area contributed by atoms with E-state index in [1.54, 1.807) is 0 Å². The predicted octanol–water partition coefficient (Wildman–Crippen LogP) is 1.87. The lowest BCUT2D eigenvalue weighted by molar-refractivity contribution is -0.125. The average molecular weight is 313 g/mol. The van der Waals surface area contributed by atoms with Gasteiger partial charge in [0.05, 0.1) is 5.69 Å². The standard InChI is InChI=1S/C17H19N3O3/c1-10-19-13-4-3-12(7-14(13)20-10)17(21)18-8-11-2-5-15-16(6-11)23-9-22-15/h2,5-6,12H,3-4,7-9H2,1H3,(H,18,21)(H,19,20)/t12-/m1/s1. The summed E-state index contributed by atoms with van der Waals surface area (Å²) in [5.41, 5.74) is 3.23. The number of rotatable bonds is 3. The highest BCUT2D eigenvalue weighted by Gasteiger charge is 2.26. The summed E-state index contributed by atoms with van der Waals surface area (Å²) < 4.78 is 10.6. The van der Waals surface area contributed by atoms with E-state index in [9.17, 15) is 4.79 Å². The highest BCUT2D eigenvalue weighted by atomic mass is 16.7. The Bertz CT molecular complexity index is 754. The molecule has 1 atom stereocenters. The number of ether oxygens (including phenoxy) is 2. The van der Waals surface area contributed by atoms with Gasteiger partial charge in [-0.1, -0.05) is 6.07 Å². The number of imidazole rings is 1. The van der Waals surface area contributed by atoms with E-state index >= 15 is 0 Å². The molecule has 0 unspecified atom stereocenters. The second-order valence-corrected chi connectivity index (χ2v) is 6.09. The quantitative estimate of drug-likeness (QED) is 0.907. The van der Waals surface area contributed by atoms with E-state index in [1.165, 1.54) is 0 Å². The predicted molar refractivity (Wildman–Crippen MR) is 83.3 cm³/mol. The number of carbonyl (C=O) groups is 1. The van der Waals surface area contributed by atoms with Gasteiger partial charge in [-0.3, -0.25) is 4.79 Å². The van der Waals surface area contributed by atoms with E-state index < -0.39 is 0 Å². The van der Waals surface area contributed by atoms with Gasteiger partial charge in [0, 0.05) is 24.6 Å². The van der Waals surface area contributed by atoms with E-state index in [0.29, 0.717) is 6.54 Å². The van der Waals surface area contributed by atoms with Crippen molar-refractivity contribution in [2.24, 2.45) is 5.92 Å². The number of aromatic nitrogens is 2. The van der Waals surface area contributed by atoms with Crippen LogP contribution < -0.4 is 14.8 Å². The van der Waals surface area contributed by atoms with Crippen molar-refractivity contribution >= 4 is 5.91 Å². The molecule has 6 nitrogen and oxygen atoms in total. The first-order valence-electron chi connectivity index (χ1n) is 7.89. The number of aryl methyl sites for hydroxylation is 2. The van der Waals surface area contributed by atoms with Crippen LogP contribution in [0.1, 0.15) is 29.2 Å². The fourth-order valence-corrected chi connectivity index (χ4v) is 3.23. The molecule has 1 aliphatic carbocycles. The number of nitrogens with one attached hydrogen (secondary N) is 2. The third kappa shape index (κ3) is 2.76. The highest BCUT2D eigenvalue weighted by Crippen LogP contribution is 2.32. The molecule has 1 aromatic carbocycles. The first-order chi connectivity index (χ1) is 11.2. The molecular weight excluding hydrogens is 294 g/mol. The number of H-pyrrole nitrogens is 1. The summed E-state index contributed by atoms with van der Waals surface area (Å²) in [6.07, 6.45) is 2.45. The maximum atomic E-state index is 12.4. The minimum atomic E-state index is 0.0105. The topological polar surface area (TPSA) is 76.2 Å². The van der Waals surface area contributed by atoms with Gasteiger partial charge < -0.3 is 19.8 Å². The third-order valence-corrected chi connectivity index (χ3v) is 4.44. The Morgan fingerprint density at radius 1 is 1.39 bits per heavy atom. The van der Waals surface area contributed by atoms with Gasteiger partial charge in [-0.05, 0) is 37.5 Å². The fourth-order valence-electron chi connectivity index (χ4n) is 3.23. The van der Waals surface area contributed by atoms with Crippen molar-refractivity contribution in [3.05, 3.63) is 41.0 Å². The Labute approximate surface area is 134 Å². The molecule has 120 valence electrons. The van der Waals surface area contributed by atoms with Crippen molar-refractivity contribution < 1.29 is 14.3 Å². The second kappa shape index (κ2) is 5.61. The first-order valence-corrected chi connectivity index (χ1v) is 7.89. The number of benzene rings is 1. The normalized spacial score (nSPS) is 18.6. The van der Waals surface area contributed by atoms with Gasteiger partial charge in [-0.2, -0.15) is 0 Å². The Morgan fingerprint density at radius 3 is 3.17 bits per heavy atom. The molecule has 0 spiro atoms. The molecule has 2 aliphatic rings. The Kier molecular flexibility index (Phi) is 3.44. The maximum absolute atomic E-state index is 12.4. The van der Waals surface area contributed by atoms with Crippen LogP contribution in [-0.4, -0.2) is 22.7 Å². The van der Waals surface area contributed by atoms with Crippen LogP contribution in [0.2, 0.25) is 0 Å². The zero-order valence-electron chi connectivity index (χ0n) is 13.0. The summed E-state index contributed by atoms with van der Waals surface area (Å²) >= 11 is 0. The number of carbonyl (C=O) groups excluding carboxylic acids is 1. The van der Waals surface area contributed by atoms with Gasteiger partial charge in [-0.25, -0.2) is 4.98 Å². The van der Waals surface area contributed by atoms with Crippen LogP contribution >= 0.6 is 0 Å². The van der Waals surface area contributed by atoms with E-state index in [1.807, 2.05) is 25.1 Å². The molecule has 2 aromatic rings. The number of fused-ring (bicyclic) bond motifs is 2. The summed E-state index contributed by atoms with van der Waals surface area (Å²) in [6.45, 7) is 2.72. The smallest absolute Gasteiger partial charge is 0.231 e. The number of nitrogens with zero attached hydrogens (tertiary/aromatic N) is 1. The van der Waals surface area contributed by atoms with Gasteiger partial charge in [0.15, 0.2) is 11.5 Å². The molecule has 0 bridgehead atoms. The lowest BCUT2D eigenvalue weighted by Crippen LogP contribution is -2.33. The molecule has 0 fully saturated rings. The number of aromatic amines is 1. The van der Waals surface area contributed by atoms with Crippen LogP contribution in [0, 0.1) is 12.8 Å². The lowest BCUT2D eigenvalue weighted by Gasteiger charge is -2.20. The molecule has 6 heteroatoms.